The van der Waals surface area contributed by atoms with Gasteiger partial charge in [0.15, 0.2) is 5.69 Å². The van der Waals surface area contributed by atoms with E-state index in [0.29, 0.717) is 25.1 Å². The Balaban J connectivity index is 2.13. The number of methoxy groups -OCH3 is 2. The van der Waals surface area contributed by atoms with Gasteiger partial charge >= 0.3 is 5.97 Å². The molecule has 0 saturated heterocycles. The van der Waals surface area contributed by atoms with Gasteiger partial charge in [-0.3, -0.25) is 4.79 Å². The molecule has 1 amide bonds. The average molecular weight is 381 g/mol. The highest BCUT2D eigenvalue weighted by Gasteiger charge is 2.25. The van der Waals surface area contributed by atoms with Gasteiger partial charge in [0.25, 0.3) is 0 Å². The Kier molecular flexibility index (Phi) is 7.62. The highest BCUT2D eigenvalue weighted by molar-refractivity contribution is 6.30. The summed E-state index contributed by atoms with van der Waals surface area (Å²) in [7, 11) is 2.85. The van der Waals surface area contributed by atoms with E-state index in [9.17, 15) is 9.59 Å². The third-order valence-electron chi connectivity index (χ3n) is 3.67. The number of carbonyl (C=O) groups is 2. The normalized spacial score (nSPS) is 11.8. The number of benzene rings is 1. The number of oxazole rings is 1. The van der Waals surface area contributed by atoms with Gasteiger partial charge in [-0.15, -0.1) is 11.6 Å². The first-order valence-corrected chi connectivity index (χ1v) is 8.50. The number of rotatable bonds is 9. The predicted molar refractivity (Wildman–Crippen MR) is 94.8 cm³/mol. The molecule has 140 valence electrons. The van der Waals surface area contributed by atoms with Crippen LogP contribution in [0.4, 0.5) is 0 Å². The molecule has 0 aliphatic rings. The summed E-state index contributed by atoms with van der Waals surface area (Å²) in [5.74, 6) is -0.642. The highest BCUT2D eigenvalue weighted by atomic mass is 35.5. The lowest BCUT2D eigenvalue weighted by Gasteiger charge is -2.23. The second-order valence-electron chi connectivity index (χ2n) is 5.50. The van der Waals surface area contributed by atoms with Gasteiger partial charge in [-0.1, -0.05) is 30.3 Å². The van der Waals surface area contributed by atoms with Crippen molar-refractivity contribution in [3.05, 3.63) is 53.7 Å². The van der Waals surface area contributed by atoms with E-state index in [1.54, 1.807) is 19.2 Å². The van der Waals surface area contributed by atoms with Gasteiger partial charge < -0.3 is 18.8 Å². The van der Waals surface area contributed by atoms with Gasteiger partial charge in [0, 0.05) is 20.3 Å². The van der Waals surface area contributed by atoms with E-state index in [1.807, 2.05) is 18.2 Å². The topological polar surface area (TPSA) is 81.9 Å². The maximum absolute atomic E-state index is 12.8. The van der Waals surface area contributed by atoms with Crippen LogP contribution < -0.4 is 0 Å². The molecule has 0 aliphatic carbocycles. The number of aromatic nitrogens is 1. The Morgan fingerprint density at radius 2 is 2.00 bits per heavy atom. The van der Waals surface area contributed by atoms with Crippen molar-refractivity contribution in [1.29, 1.82) is 0 Å². The molecule has 0 bridgehead atoms. The third-order valence-corrected chi connectivity index (χ3v) is 4.11. The Morgan fingerprint density at radius 1 is 1.27 bits per heavy atom. The van der Waals surface area contributed by atoms with Gasteiger partial charge in [-0.05, 0) is 12.0 Å². The molecule has 1 unspecified atom stereocenters. The summed E-state index contributed by atoms with van der Waals surface area (Å²) in [4.78, 5) is 29.9. The number of hydrogen-bond donors (Lipinski definition) is 0. The molecule has 0 spiro atoms. The van der Waals surface area contributed by atoms with E-state index in [-0.39, 0.29) is 24.0 Å². The molecule has 8 heteroatoms. The summed E-state index contributed by atoms with van der Waals surface area (Å²) in [5, 5.41) is -0.825. The predicted octanol–water partition coefficient (Wildman–Crippen LogP) is 2.81. The molecular formula is C18H21ClN2O5. The second kappa shape index (κ2) is 9.94. The summed E-state index contributed by atoms with van der Waals surface area (Å²) in [6.45, 7) is 1.01. The summed E-state index contributed by atoms with van der Waals surface area (Å²) in [5.41, 5.74) is 0.760. The zero-order valence-electron chi connectivity index (χ0n) is 14.7. The van der Waals surface area contributed by atoms with Gasteiger partial charge in [-0.2, -0.15) is 0 Å². The van der Waals surface area contributed by atoms with Crippen LogP contribution in [0.25, 0.3) is 0 Å². The van der Waals surface area contributed by atoms with Crippen LogP contribution in [0.2, 0.25) is 0 Å². The van der Waals surface area contributed by atoms with Crippen molar-refractivity contribution < 1.29 is 23.5 Å². The molecule has 26 heavy (non-hydrogen) atoms. The fourth-order valence-electron chi connectivity index (χ4n) is 2.34. The zero-order chi connectivity index (χ0) is 18.9. The van der Waals surface area contributed by atoms with E-state index in [2.05, 4.69) is 9.72 Å². The second-order valence-corrected chi connectivity index (χ2v) is 5.93. The number of carbonyl (C=O) groups excluding carboxylic acids is 2. The van der Waals surface area contributed by atoms with Gasteiger partial charge in [-0.25, -0.2) is 9.78 Å². The van der Waals surface area contributed by atoms with Crippen molar-refractivity contribution in [2.45, 2.75) is 18.3 Å². The van der Waals surface area contributed by atoms with Crippen molar-refractivity contribution in [3.63, 3.8) is 0 Å². The van der Waals surface area contributed by atoms with E-state index in [4.69, 9.17) is 20.8 Å². The van der Waals surface area contributed by atoms with E-state index in [1.165, 1.54) is 18.3 Å². The molecular weight excluding hydrogens is 360 g/mol. The standard InChI is InChI=1S/C18H21ClN2O5/c1-24-10-6-9-21(11-15-20-14(12-26-15)18(23)25-2)17(22)16(19)13-7-4-3-5-8-13/h3-5,7-8,12,16H,6,9-11H2,1-2H3. The van der Waals surface area contributed by atoms with Crippen molar-refractivity contribution in [3.8, 4) is 0 Å². The summed E-state index contributed by atoms with van der Waals surface area (Å²) < 4.78 is 14.9. The number of hydrogen-bond acceptors (Lipinski definition) is 6. The summed E-state index contributed by atoms with van der Waals surface area (Å²) >= 11 is 6.36. The summed E-state index contributed by atoms with van der Waals surface area (Å²) in [6, 6.07) is 9.09. The molecule has 1 aromatic carbocycles. The number of ether oxygens (including phenoxy) is 2. The quantitative estimate of drug-likeness (QED) is 0.378. The SMILES string of the molecule is COCCCN(Cc1nc(C(=O)OC)co1)C(=O)C(Cl)c1ccccc1. The molecule has 2 aromatic rings. The molecule has 1 atom stereocenters. The third kappa shape index (κ3) is 5.31. The number of amides is 1. The van der Waals surface area contributed by atoms with Crippen LogP contribution >= 0.6 is 11.6 Å². The van der Waals surface area contributed by atoms with Gasteiger partial charge in [0.05, 0.1) is 13.7 Å². The molecule has 0 aliphatic heterocycles. The Bertz CT molecular complexity index is 719. The Morgan fingerprint density at radius 3 is 2.65 bits per heavy atom. The first-order chi connectivity index (χ1) is 12.6. The van der Waals surface area contributed by atoms with Crippen LogP contribution in [0.5, 0.6) is 0 Å². The van der Waals surface area contributed by atoms with E-state index >= 15 is 0 Å². The lowest BCUT2D eigenvalue weighted by atomic mass is 10.1. The molecule has 0 fully saturated rings. The minimum Gasteiger partial charge on any atom is -0.464 e. The first-order valence-electron chi connectivity index (χ1n) is 8.06. The smallest absolute Gasteiger partial charge is 0.360 e. The van der Waals surface area contributed by atoms with Crippen LogP contribution in [-0.4, -0.2) is 49.1 Å². The summed E-state index contributed by atoms with van der Waals surface area (Å²) in [6.07, 6.45) is 1.83. The van der Waals surface area contributed by atoms with Crippen molar-refractivity contribution >= 4 is 23.5 Å². The molecule has 7 nitrogen and oxygen atoms in total. The monoisotopic (exact) mass is 380 g/mol. The molecule has 0 radical (unpaired) electrons. The lowest BCUT2D eigenvalue weighted by molar-refractivity contribution is -0.132. The Hall–Kier alpha value is -2.38. The fraction of sp³-hybridized carbons (Fsp3) is 0.389. The van der Waals surface area contributed by atoms with E-state index in [0.717, 1.165) is 0 Å². The van der Waals surface area contributed by atoms with E-state index < -0.39 is 11.3 Å². The van der Waals surface area contributed by atoms with Gasteiger partial charge in [0.2, 0.25) is 11.8 Å². The molecule has 1 heterocycles. The largest absolute Gasteiger partial charge is 0.464 e. The first kappa shape index (κ1) is 19.9. The maximum Gasteiger partial charge on any atom is 0.360 e. The number of halogens is 1. The molecule has 0 saturated carbocycles. The number of alkyl halides is 1. The van der Waals surface area contributed by atoms with Crippen molar-refractivity contribution in [2.75, 3.05) is 27.4 Å². The van der Waals surface area contributed by atoms with Crippen LogP contribution in [0, 0.1) is 0 Å². The zero-order valence-corrected chi connectivity index (χ0v) is 15.4. The average Bonchev–Trinajstić information content (AvgIpc) is 3.15. The number of esters is 1. The number of nitrogens with zero attached hydrogens (tertiary/aromatic N) is 2. The Labute approximate surface area is 156 Å². The van der Waals surface area contributed by atoms with Crippen LogP contribution in [-0.2, 0) is 20.8 Å². The van der Waals surface area contributed by atoms with Crippen LogP contribution in [0.1, 0.15) is 33.7 Å². The molecule has 2 rings (SSSR count). The highest BCUT2D eigenvalue weighted by Crippen LogP contribution is 2.24. The fourth-order valence-corrected chi connectivity index (χ4v) is 2.62. The lowest BCUT2D eigenvalue weighted by Crippen LogP contribution is -2.34. The van der Waals surface area contributed by atoms with Crippen molar-refractivity contribution in [2.24, 2.45) is 0 Å². The molecule has 1 aromatic heterocycles. The van der Waals surface area contributed by atoms with Gasteiger partial charge in [0.1, 0.15) is 11.6 Å². The minimum absolute atomic E-state index is 0.0530. The minimum atomic E-state index is -0.825. The molecule has 0 N–H and O–H groups in total. The van der Waals surface area contributed by atoms with Crippen LogP contribution in [0.15, 0.2) is 41.0 Å². The van der Waals surface area contributed by atoms with Crippen molar-refractivity contribution in [1.82, 2.24) is 9.88 Å². The van der Waals surface area contributed by atoms with Crippen LogP contribution in [0.3, 0.4) is 0 Å². The maximum atomic E-state index is 12.8.